The smallest absolute Gasteiger partial charge is 0.387 e. The minimum absolute atomic E-state index is 0.0348. The molecule has 2 aromatic carbocycles. The molecule has 3 aromatic rings. The van der Waals surface area contributed by atoms with Crippen molar-refractivity contribution in [3.05, 3.63) is 81.3 Å². The van der Waals surface area contributed by atoms with Gasteiger partial charge in [0.05, 0.1) is 30.7 Å². The van der Waals surface area contributed by atoms with Crippen LogP contribution in [0.1, 0.15) is 58.8 Å². The number of rotatable bonds is 15. The minimum atomic E-state index is -3.63. The number of nitrogens with one attached hydrogen (secondary N) is 1. The molecule has 1 N–H and O–H groups in total. The van der Waals surface area contributed by atoms with Crippen LogP contribution < -0.4 is 23.7 Å². The van der Waals surface area contributed by atoms with Gasteiger partial charge in [-0.2, -0.15) is 13.5 Å². The summed E-state index contributed by atoms with van der Waals surface area (Å²) in [5, 5.41) is 12.1. The molecule has 2 saturated carbocycles. The summed E-state index contributed by atoms with van der Waals surface area (Å²) < 4.78 is 75.5. The summed E-state index contributed by atoms with van der Waals surface area (Å²) in [6.07, 6.45) is 6.50. The van der Waals surface area contributed by atoms with Gasteiger partial charge in [-0.15, -0.1) is 0 Å². The standard InChI is InChI=1S/C31H33ClF2N2O8S/c1-18-14-36(38)15-24(32)23(18)13-27(21-8-10-26(44-31(33)34)29(11-21)42-17-20-5-6-20)43-30(37)22-7-9-25(35-45(2,39)40)28(12-22)41-16-19-3-4-19/h7-12,14-15,19-20,27,31,35H,3-6,13,16-17H2,1-2H3/t27-/m0/s1. The van der Waals surface area contributed by atoms with Crippen molar-refractivity contribution in [2.75, 3.05) is 24.2 Å². The van der Waals surface area contributed by atoms with E-state index in [4.69, 9.17) is 25.8 Å². The molecule has 0 amide bonds. The Labute approximate surface area is 264 Å². The summed E-state index contributed by atoms with van der Waals surface area (Å²) in [6.45, 7) is -0.705. The largest absolute Gasteiger partial charge is 0.619 e. The number of carbonyl (C=O) groups is 1. The fourth-order valence-corrected chi connectivity index (χ4v) is 5.51. The molecule has 45 heavy (non-hydrogen) atoms. The van der Waals surface area contributed by atoms with Gasteiger partial charge in [-0.3, -0.25) is 4.72 Å². The molecule has 10 nitrogen and oxygen atoms in total. The highest BCUT2D eigenvalue weighted by Gasteiger charge is 2.27. The van der Waals surface area contributed by atoms with Crippen LogP contribution in [-0.4, -0.2) is 40.5 Å². The molecular formula is C31H33ClF2N2O8S. The number of aromatic nitrogens is 1. The van der Waals surface area contributed by atoms with E-state index in [1.165, 1.54) is 48.8 Å². The third-order valence-electron chi connectivity index (χ3n) is 7.38. The highest BCUT2D eigenvalue weighted by Crippen LogP contribution is 2.38. The molecule has 0 spiro atoms. The van der Waals surface area contributed by atoms with Gasteiger partial charge >= 0.3 is 12.6 Å². The Morgan fingerprint density at radius 2 is 1.69 bits per heavy atom. The van der Waals surface area contributed by atoms with E-state index in [0.717, 1.165) is 31.9 Å². The second-order valence-electron chi connectivity index (χ2n) is 11.4. The Bertz CT molecular complexity index is 1640. The van der Waals surface area contributed by atoms with Crippen molar-refractivity contribution in [1.82, 2.24) is 0 Å². The summed E-state index contributed by atoms with van der Waals surface area (Å²) in [4.78, 5) is 13.6. The summed E-state index contributed by atoms with van der Waals surface area (Å²) in [6, 6.07) is 8.53. The molecule has 1 atom stereocenters. The van der Waals surface area contributed by atoms with Crippen LogP contribution in [0.15, 0.2) is 48.8 Å². The molecule has 0 bridgehead atoms. The van der Waals surface area contributed by atoms with Crippen molar-refractivity contribution in [2.45, 2.75) is 51.7 Å². The predicted molar refractivity (Wildman–Crippen MR) is 161 cm³/mol. The van der Waals surface area contributed by atoms with Gasteiger partial charge in [-0.1, -0.05) is 17.7 Å². The van der Waals surface area contributed by atoms with Crippen LogP contribution in [0.2, 0.25) is 5.02 Å². The first kappa shape index (κ1) is 32.6. The van der Waals surface area contributed by atoms with E-state index in [-0.39, 0.29) is 39.9 Å². The zero-order chi connectivity index (χ0) is 32.3. The summed E-state index contributed by atoms with van der Waals surface area (Å²) in [5.41, 5.74) is 1.76. The van der Waals surface area contributed by atoms with E-state index in [1.54, 1.807) is 6.92 Å². The van der Waals surface area contributed by atoms with Crippen molar-refractivity contribution < 1.29 is 45.7 Å². The van der Waals surface area contributed by atoms with Crippen LogP contribution in [0.5, 0.6) is 17.2 Å². The first-order valence-electron chi connectivity index (χ1n) is 14.4. The second kappa shape index (κ2) is 13.7. The number of alkyl halides is 2. The average molecular weight is 667 g/mol. The lowest BCUT2D eigenvalue weighted by Gasteiger charge is -2.22. The zero-order valence-corrected chi connectivity index (χ0v) is 26.2. The lowest BCUT2D eigenvalue weighted by Crippen LogP contribution is -2.26. The average Bonchev–Trinajstić information content (AvgIpc) is 3.88. The minimum Gasteiger partial charge on any atom is -0.619 e. The van der Waals surface area contributed by atoms with Crippen LogP contribution in [-0.2, 0) is 21.2 Å². The van der Waals surface area contributed by atoms with Crippen LogP contribution in [0, 0.1) is 24.0 Å². The molecule has 0 radical (unpaired) electrons. The molecule has 5 rings (SSSR count). The van der Waals surface area contributed by atoms with Crippen molar-refractivity contribution in [3.63, 3.8) is 0 Å². The van der Waals surface area contributed by atoms with Crippen molar-refractivity contribution in [3.8, 4) is 17.2 Å². The number of aryl methyl sites for hydroxylation is 1. The van der Waals surface area contributed by atoms with Gasteiger partial charge in [0.25, 0.3) is 0 Å². The van der Waals surface area contributed by atoms with E-state index in [2.05, 4.69) is 9.46 Å². The molecule has 14 heteroatoms. The van der Waals surface area contributed by atoms with E-state index in [9.17, 15) is 27.2 Å². The van der Waals surface area contributed by atoms with Crippen LogP contribution >= 0.6 is 11.6 Å². The van der Waals surface area contributed by atoms with Gasteiger partial charge in [0.2, 0.25) is 10.0 Å². The molecule has 2 aliphatic carbocycles. The fraction of sp³-hybridized carbons (Fsp3) is 0.419. The number of hydrogen-bond acceptors (Lipinski definition) is 8. The zero-order valence-electron chi connectivity index (χ0n) is 24.6. The topological polar surface area (TPSA) is 127 Å². The van der Waals surface area contributed by atoms with E-state index < -0.39 is 28.7 Å². The number of hydrogen-bond donors (Lipinski definition) is 1. The monoisotopic (exact) mass is 666 g/mol. The molecule has 0 aliphatic heterocycles. The number of pyridine rings is 1. The molecule has 1 aromatic heterocycles. The fourth-order valence-electron chi connectivity index (χ4n) is 4.62. The SMILES string of the molecule is Cc1c[n+]([O-])cc(Cl)c1C[C@H](OC(=O)c1ccc(NS(C)(=O)=O)c(OCC2CC2)c1)c1ccc(OC(F)F)c(OCC2CC2)c1. The Balaban J connectivity index is 1.47. The summed E-state index contributed by atoms with van der Waals surface area (Å²) >= 11 is 6.42. The number of halogens is 3. The van der Waals surface area contributed by atoms with E-state index >= 15 is 0 Å². The number of sulfonamides is 1. The van der Waals surface area contributed by atoms with Crippen LogP contribution in [0.25, 0.3) is 0 Å². The maximum atomic E-state index is 13.6. The Morgan fingerprint density at radius 1 is 1.02 bits per heavy atom. The van der Waals surface area contributed by atoms with Gasteiger partial charge in [-0.25, -0.2) is 13.2 Å². The number of esters is 1. The van der Waals surface area contributed by atoms with Gasteiger partial charge in [0.1, 0.15) is 16.9 Å². The van der Waals surface area contributed by atoms with Crippen molar-refractivity contribution in [2.24, 2.45) is 11.8 Å². The highest BCUT2D eigenvalue weighted by molar-refractivity contribution is 7.92. The third kappa shape index (κ3) is 9.33. The Kier molecular flexibility index (Phi) is 9.88. The highest BCUT2D eigenvalue weighted by atomic mass is 35.5. The molecule has 2 fully saturated rings. The number of nitrogens with zero attached hydrogens (tertiary/aromatic N) is 1. The molecular weight excluding hydrogens is 634 g/mol. The quantitative estimate of drug-likeness (QED) is 0.119. The number of carbonyl (C=O) groups excluding carboxylic acids is 1. The molecule has 0 saturated heterocycles. The van der Waals surface area contributed by atoms with Gasteiger partial charge < -0.3 is 24.2 Å². The van der Waals surface area contributed by atoms with Crippen LogP contribution in [0.3, 0.4) is 0 Å². The molecule has 0 unspecified atom stereocenters. The number of ether oxygens (including phenoxy) is 4. The maximum absolute atomic E-state index is 13.6. The first-order valence-corrected chi connectivity index (χ1v) is 16.7. The first-order chi connectivity index (χ1) is 21.3. The number of anilines is 1. The molecule has 1 heterocycles. The normalized spacial score (nSPS) is 15.4. The lowest BCUT2D eigenvalue weighted by molar-refractivity contribution is -0.605. The number of benzene rings is 2. The summed E-state index contributed by atoms with van der Waals surface area (Å²) in [7, 11) is -3.63. The lowest BCUT2D eigenvalue weighted by atomic mass is 9.98. The van der Waals surface area contributed by atoms with E-state index in [1.807, 2.05) is 0 Å². The Hall–Kier alpha value is -3.84. The van der Waals surface area contributed by atoms with Gasteiger partial charge in [0.15, 0.2) is 23.9 Å². The predicted octanol–water partition coefficient (Wildman–Crippen LogP) is 5.97. The maximum Gasteiger partial charge on any atom is 0.387 e. The van der Waals surface area contributed by atoms with Gasteiger partial charge in [-0.05, 0) is 85.9 Å². The molecule has 242 valence electrons. The second-order valence-corrected chi connectivity index (χ2v) is 13.6. The van der Waals surface area contributed by atoms with Crippen molar-refractivity contribution >= 4 is 33.3 Å². The third-order valence-corrected chi connectivity index (χ3v) is 8.29. The summed E-state index contributed by atoms with van der Waals surface area (Å²) in [5.74, 6) is -0.00399. The van der Waals surface area contributed by atoms with Crippen LogP contribution in [0.4, 0.5) is 14.5 Å². The van der Waals surface area contributed by atoms with Crippen molar-refractivity contribution in [1.29, 1.82) is 0 Å². The van der Waals surface area contributed by atoms with E-state index in [0.29, 0.717) is 46.5 Å². The molecule has 2 aliphatic rings. The Morgan fingerprint density at radius 3 is 2.29 bits per heavy atom. The van der Waals surface area contributed by atoms with Gasteiger partial charge in [0, 0.05) is 12.0 Å².